The number of hydrogen-bond donors (Lipinski definition) is 0. The van der Waals surface area contributed by atoms with E-state index in [9.17, 15) is 10.1 Å². The van der Waals surface area contributed by atoms with Crippen molar-refractivity contribution >= 4 is 16.6 Å². The van der Waals surface area contributed by atoms with Gasteiger partial charge in [-0.2, -0.15) is 10.2 Å². The summed E-state index contributed by atoms with van der Waals surface area (Å²) >= 11 is 0. The summed E-state index contributed by atoms with van der Waals surface area (Å²) in [6, 6.07) is 11.4. The van der Waals surface area contributed by atoms with Crippen LogP contribution in [0.2, 0.25) is 0 Å². The molecule has 19 heavy (non-hydrogen) atoms. The van der Waals surface area contributed by atoms with Crippen LogP contribution in [-0.4, -0.2) is 9.38 Å². The second-order valence-corrected chi connectivity index (χ2v) is 4.55. The SMILES string of the molecule is Cc1cc(C)n2c(nc(=O)c3ccccc32)c1C#N. The van der Waals surface area contributed by atoms with Gasteiger partial charge in [0, 0.05) is 5.69 Å². The van der Waals surface area contributed by atoms with Crippen LogP contribution in [-0.2, 0) is 0 Å². The average Bonchev–Trinajstić information content (AvgIpc) is 2.39. The first-order valence-electron chi connectivity index (χ1n) is 5.95. The maximum atomic E-state index is 12.0. The Hall–Kier alpha value is -2.67. The number of aromatic nitrogens is 2. The maximum Gasteiger partial charge on any atom is 0.281 e. The Kier molecular flexibility index (Phi) is 2.36. The molecule has 0 atom stereocenters. The number of nitriles is 1. The van der Waals surface area contributed by atoms with Crippen LogP contribution in [0, 0.1) is 25.2 Å². The minimum Gasteiger partial charge on any atom is -0.297 e. The Balaban J connectivity index is 2.73. The highest BCUT2D eigenvalue weighted by Crippen LogP contribution is 2.19. The van der Waals surface area contributed by atoms with Crippen LogP contribution >= 0.6 is 0 Å². The standard InChI is InChI=1S/C15H11N3O/c1-9-7-10(2)18-13-6-4-3-5-11(13)15(19)17-14(18)12(9)8-16/h3-7H,1-2H3. The molecule has 0 saturated heterocycles. The summed E-state index contributed by atoms with van der Waals surface area (Å²) in [4.78, 5) is 16.1. The van der Waals surface area contributed by atoms with E-state index in [2.05, 4.69) is 11.1 Å². The molecule has 2 aromatic heterocycles. The zero-order valence-corrected chi connectivity index (χ0v) is 10.6. The van der Waals surface area contributed by atoms with Gasteiger partial charge in [0.2, 0.25) is 0 Å². The van der Waals surface area contributed by atoms with Crippen molar-refractivity contribution in [3.8, 4) is 6.07 Å². The first-order valence-corrected chi connectivity index (χ1v) is 5.95. The highest BCUT2D eigenvalue weighted by atomic mass is 16.1. The highest BCUT2D eigenvalue weighted by Gasteiger charge is 2.12. The van der Waals surface area contributed by atoms with Gasteiger partial charge in [-0.05, 0) is 37.6 Å². The molecule has 0 bridgehead atoms. The van der Waals surface area contributed by atoms with Crippen LogP contribution in [0.4, 0.5) is 0 Å². The number of hydrogen-bond acceptors (Lipinski definition) is 3. The summed E-state index contributed by atoms with van der Waals surface area (Å²) in [7, 11) is 0. The van der Waals surface area contributed by atoms with E-state index >= 15 is 0 Å². The molecule has 0 unspecified atom stereocenters. The van der Waals surface area contributed by atoms with E-state index in [1.54, 1.807) is 6.07 Å². The largest absolute Gasteiger partial charge is 0.297 e. The molecular weight excluding hydrogens is 238 g/mol. The van der Waals surface area contributed by atoms with Crippen molar-refractivity contribution in [2.24, 2.45) is 0 Å². The van der Waals surface area contributed by atoms with Crippen LogP contribution in [0.25, 0.3) is 16.6 Å². The molecule has 0 fully saturated rings. The van der Waals surface area contributed by atoms with Gasteiger partial charge in [-0.3, -0.25) is 9.20 Å². The van der Waals surface area contributed by atoms with E-state index in [1.165, 1.54) is 0 Å². The Bertz CT molecular complexity index is 916. The number of para-hydroxylation sites is 1. The van der Waals surface area contributed by atoms with E-state index in [0.717, 1.165) is 16.8 Å². The summed E-state index contributed by atoms with van der Waals surface area (Å²) in [6.45, 7) is 3.80. The van der Waals surface area contributed by atoms with Gasteiger partial charge in [0.25, 0.3) is 5.56 Å². The second kappa shape index (κ2) is 3.92. The predicted octanol–water partition coefficient (Wildman–Crippen LogP) is 2.34. The monoisotopic (exact) mass is 249 g/mol. The number of benzene rings is 1. The topological polar surface area (TPSA) is 58.2 Å². The fourth-order valence-electron chi connectivity index (χ4n) is 2.46. The Labute approximate surface area is 109 Å². The first kappa shape index (κ1) is 11.4. The average molecular weight is 249 g/mol. The van der Waals surface area contributed by atoms with Crippen LogP contribution in [0.1, 0.15) is 16.8 Å². The smallest absolute Gasteiger partial charge is 0.281 e. The molecular formula is C15H11N3O. The molecule has 1 aromatic carbocycles. The second-order valence-electron chi connectivity index (χ2n) is 4.55. The highest BCUT2D eigenvalue weighted by molar-refractivity contribution is 5.82. The molecule has 0 aliphatic heterocycles. The van der Waals surface area contributed by atoms with Gasteiger partial charge >= 0.3 is 0 Å². The third-order valence-corrected chi connectivity index (χ3v) is 3.30. The van der Waals surface area contributed by atoms with E-state index in [0.29, 0.717) is 16.6 Å². The third-order valence-electron chi connectivity index (χ3n) is 3.30. The number of pyridine rings is 1. The number of fused-ring (bicyclic) bond motifs is 3. The molecule has 2 heterocycles. The van der Waals surface area contributed by atoms with Gasteiger partial charge in [0.05, 0.1) is 16.5 Å². The van der Waals surface area contributed by atoms with Gasteiger partial charge in [0.15, 0.2) is 5.65 Å². The van der Waals surface area contributed by atoms with Crippen LogP contribution < -0.4 is 5.56 Å². The first-order chi connectivity index (χ1) is 9.13. The lowest BCUT2D eigenvalue weighted by atomic mass is 10.1. The predicted molar refractivity (Wildman–Crippen MR) is 73.2 cm³/mol. The van der Waals surface area contributed by atoms with Gasteiger partial charge in [-0.15, -0.1) is 0 Å². The summed E-state index contributed by atoms with van der Waals surface area (Å²) in [5.74, 6) is 0. The summed E-state index contributed by atoms with van der Waals surface area (Å²) in [5.41, 5.74) is 3.16. The van der Waals surface area contributed by atoms with Gasteiger partial charge < -0.3 is 0 Å². The molecule has 4 heteroatoms. The Morgan fingerprint density at radius 3 is 2.74 bits per heavy atom. The quantitative estimate of drug-likeness (QED) is 0.574. The lowest BCUT2D eigenvalue weighted by molar-refractivity contribution is 1.05. The normalized spacial score (nSPS) is 10.8. The van der Waals surface area contributed by atoms with E-state index in [4.69, 9.17) is 0 Å². The minimum atomic E-state index is -0.294. The molecule has 0 aliphatic carbocycles. The zero-order valence-electron chi connectivity index (χ0n) is 10.6. The molecule has 0 amide bonds. The fourth-order valence-corrected chi connectivity index (χ4v) is 2.46. The molecule has 3 rings (SSSR count). The van der Waals surface area contributed by atoms with Gasteiger partial charge in [0.1, 0.15) is 6.07 Å². The molecule has 3 aromatic rings. The number of nitrogens with zero attached hydrogens (tertiary/aromatic N) is 3. The van der Waals surface area contributed by atoms with Crippen molar-refractivity contribution in [1.29, 1.82) is 5.26 Å². The van der Waals surface area contributed by atoms with Crippen molar-refractivity contribution in [1.82, 2.24) is 9.38 Å². The Morgan fingerprint density at radius 2 is 2.00 bits per heavy atom. The number of aryl methyl sites for hydroxylation is 2. The maximum absolute atomic E-state index is 12.0. The van der Waals surface area contributed by atoms with Crippen LogP contribution in [0.5, 0.6) is 0 Å². The van der Waals surface area contributed by atoms with Crippen molar-refractivity contribution in [2.45, 2.75) is 13.8 Å². The molecule has 4 nitrogen and oxygen atoms in total. The van der Waals surface area contributed by atoms with Crippen molar-refractivity contribution in [3.05, 3.63) is 57.5 Å². The van der Waals surface area contributed by atoms with E-state index in [-0.39, 0.29) is 5.56 Å². The molecule has 0 aliphatic rings. The van der Waals surface area contributed by atoms with E-state index < -0.39 is 0 Å². The van der Waals surface area contributed by atoms with E-state index in [1.807, 2.05) is 42.5 Å². The molecule has 92 valence electrons. The summed E-state index contributed by atoms with van der Waals surface area (Å²) in [6.07, 6.45) is 0. The molecule has 0 saturated carbocycles. The summed E-state index contributed by atoms with van der Waals surface area (Å²) in [5, 5.41) is 9.83. The summed E-state index contributed by atoms with van der Waals surface area (Å²) < 4.78 is 1.86. The van der Waals surface area contributed by atoms with Gasteiger partial charge in [-0.1, -0.05) is 12.1 Å². The van der Waals surface area contributed by atoms with Crippen LogP contribution in [0.15, 0.2) is 35.1 Å². The fraction of sp³-hybridized carbons (Fsp3) is 0.133. The molecule has 0 spiro atoms. The minimum absolute atomic E-state index is 0.294. The van der Waals surface area contributed by atoms with Crippen molar-refractivity contribution in [3.63, 3.8) is 0 Å². The lowest BCUT2D eigenvalue weighted by Gasteiger charge is -2.11. The van der Waals surface area contributed by atoms with Crippen LogP contribution in [0.3, 0.4) is 0 Å². The number of rotatable bonds is 0. The Morgan fingerprint density at radius 1 is 1.26 bits per heavy atom. The molecule has 0 N–H and O–H groups in total. The van der Waals surface area contributed by atoms with Crippen molar-refractivity contribution in [2.75, 3.05) is 0 Å². The van der Waals surface area contributed by atoms with Crippen molar-refractivity contribution < 1.29 is 0 Å². The lowest BCUT2D eigenvalue weighted by Crippen LogP contribution is -2.13. The van der Waals surface area contributed by atoms with Gasteiger partial charge in [-0.25, -0.2) is 0 Å². The third kappa shape index (κ3) is 1.52. The molecule has 0 radical (unpaired) electrons. The zero-order chi connectivity index (χ0) is 13.6.